The second-order valence-corrected chi connectivity index (χ2v) is 4.98. The minimum atomic E-state index is -0.161. The Kier molecular flexibility index (Phi) is 4.86. The van der Waals surface area contributed by atoms with E-state index in [2.05, 4.69) is 27.9 Å². The Hall–Kier alpha value is -0.290. The summed E-state index contributed by atoms with van der Waals surface area (Å²) in [5.41, 5.74) is 2.03. The van der Waals surface area contributed by atoms with Gasteiger partial charge >= 0.3 is 0 Å². The van der Waals surface area contributed by atoms with Gasteiger partial charge in [0.2, 0.25) is 5.91 Å². The highest BCUT2D eigenvalue weighted by molar-refractivity contribution is 14.1. The molecule has 0 spiro atoms. The first-order chi connectivity index (χ1) is 7.04. The lowest BCUT2D eigenvalue weighted by Gasteiger charge is -2.10. The summed E-state index contributed by atoms with van der Waals surface area (Å²) in [6, 6.07) is 5.84. The van der Waals surface area contributed by atoms with Crippen molar-refractivity contribution in [3.05, 3.63) is 27.3 Å². The number of nitrogens with one attached hydrogen (secondary N) is 1. The third-order valence-corrected chi connectivity index (χ3v) is 3.74. The molecule has 0 heterocycles. The van der Waals surface area contributed by atoms with Crippen molar-refractivity contribution in [2.24, 2.45) is 5.92 Å². The normalized spacial score (nSPS) is 12.3. The Morgan fingerprint density at radius 1 is 1.60 bits per heavy atom. The van der Waals surface area contributed by atoms with E-state index in [1.165, 1.54) is 5.56 Å². The number of benzene rings is 1. The van der Waals surface area contributed by atoms with E-state index in [1.54, 1.807) is 0 Å². The van der Waals surface area contributed by atoms with Crippen molar-refractivity contribution >= 4 is 45.8 Å². The highest BCUT2D eigenvalue weighted by Gasteiger charge is 2.11. The molecule has 0 aliphatic carbocycles. The van der Waals surface area contributed by atoms with Crippen molar-refractivity contribution in [2.45, 2.75) is 13.8 Å². The molecule has 0 aliphatic heterocycles. The fourth-order valence-electron chi connectivity index (χ4n) is 1.01. The average Bonchev–Trinajstić information content (AvgIpc) is 2.22. The van der Waals surface area contributed by atoms with Gasteiger partial charge in [0.25, 0.3) is 0 Å². The number of aryl methyl sites for hydroxylation is 1. The molecule has 1 aromatic rings. The quantitative estimate of drug-likeness (QED) is 0.664. The Labute approximate surface area is 109 Å². The topological polar surface area (TPSA) is 29.1 Å². The molecule has 0 saturated carbocycles. The fourth-order valence-corrected chi connectivity index (χ4v) is 1.66. The predicted octanol–water partition coefficient (Wildman–Crippen LogP) is 3.41. The van der Waals surface area contributed by atoms with Crippen LogP contribution in [0.1, 0.15) is 12.5 Å². The number of carbonyl (C=O) groups is 1. The zero-order valence-corrected chi connectivity index (χ0v) is 11.6. The summed E-state index contributed by atoms with van der Waals surface area (Å²) in [5.74, 6) is 0.143. The monoisotopic (exact) mass is 337 g/mol. The zero-order valence-electron chi connectivity index (χ0n) is 8.68. The molecule has 1 unspecified atom stereocenters. The van der Waals surface area contributed by atoms with E-state index in [1.807, 2.05) is 32.0 Å². The minimum Gasteiger partial charge on any atom is -0.326 e. The Morgan fingerprint density at radius 2 is 2.27 bits per heavy atom. The molecule has 1 rings (SSSR count). The summed E-state index contributed by atoms with van der Waals surface area (Å²) in [5, 5.41) is 2.83. The van der Waals surface area contributed by atoms with Crippen LogP contribution in [0.5, 0.6) is 0 Å². The van der Waals surface area contributed by atoms with Crippen LogP contribution in [0.2, 0.25) is 0 Å². The second kappa shape index (κ2) is 5.70. The smallest absolute Gasteiger partial charge is 0.228 e. The maximum Gasteiger partial charge on any atom is 0.228 e. The van der Waals surface area contributed by atoms with E-state index < -0.39 is 0 Å². The summed E-state index contributed by atoms with van der Waals surface area (Å²) in [4.78, 5) is 11.5. The van der Waals surface area contributed by atoms with Crippen molar-refractivity contribution in [3.63, 3.8) is 0 Å². The number of hydrogen-bond donors (Lipinski definition) is 1. The van der Waals surface area contributed by atoms with Gasteiger partial charge in [-0.25, -0.2) is 0 Å². The van der Waals surface area contributed by atoms with Crippen LogP contribution in [0.3, 0.4) is 0 Å². The van der Waals surface area contributed by atoms with E-state index >= 15 is 0 Å². The lowest BCUT2D eigenvalue weighted by atomic mass is 10.2. The van der Waals surface area contributed by atoms with Crippen LogP contribution in [0.25, 0.3) is 0 Å². The maximum absolute atomic E-state index is 11.5. The molecule has 1 N–H and O–H groups in total. The summed E-state index contributed by atoms with van der Waals surface area (Å²) in [6.45, 7) is 3.84. The second-order valence-electron chi connectivity index (χ2n) is 3.51. The number of rotatable bonds is 3. The van der Waals surface area contributed by atoms with Crippen LogP contribution in [-0.4, -0.2) is 11.8 Å². The predicted molar refractivity (Wildman–Crippen MR) is 72.4 cm³/mol. The summed E-state index contributed by atoms with van der Waals surface area (Å²) < 4.78 is 1.14. The summed E-state index contributed by atoms with van der Waals surface area (Å²) in [6.07, 6.45) is 0. The first kappa shape index (κ1) is 12.8. The van der Waals surface area contributed by atoms with Gasteiger partial charge in [0.15, 0.2) is 0 Å². The van der Waals surface area contributed by atoms with Crippen LogP contribution in [0.15, 0.2) is 18.2 Å². The number of amides is 1. The van der Waals surface area contributed by atoms with Crippen molar-refractivity contribution in [3.8, 4) is 0 Å². The third-order valence-electron chi connectivity index (χ3n) is 2.12. The van der Waals surface area contributed by atoms with E-state index in [-0.39, 0.29) is 11.8 Å². The third kappa shape index (κ3) is 3.65. The number of carbonyl (C=O) groups excluding carboxylic acids is 1. The zero-order chi connectivity index (χ0) is 11.4. The largest absolute Gasteiger partial charge is 0.326 e. The van der Waals surface area contributed by atoms with Crippen molar-refractivity contribution in [2.75, 3.05) is 11.2 Å². The van der Waals surface area contributed by atoms with Gasteiger partial charge in [0.05, 0.1) is 0 Å². The molecule has 0 aromatic heterocycles. The molecular formula is C11H13ClINO. The lowest BCUT2D eigenvalue weighted by molar-refractivity contribution is -0.118. The van der Waals surface area contributed by atoms with E-state index in [0.29, 0.717) is 5.88 Å². The van der Waals surface area contributed by atoms with Gasteiger partial charge in [0.1, 0.15) is 0 Å². The first-order valence-corrected chi connectivity index (χ1v) is 6.29. The van der Waals surface area contributed by atoms with Gasteiger partial charge in [-0.15, -0.1) is 11.6 Å². The molecule has 82 valence electrons. The van der Waals surface area contributed by atoms with Gasteiger partial charge in [0, 0.05) is 21.1 Å². The Balaban J connectivity index is 2.73. The van der Waals surface area contributed by atoms with Gasteiger partial charge in [-0.05, 0) is 47.2 Å². The average molecular weight is 338 g/mol. The van der Waals surface area contributed by atoms with Crippen LogP contribution in [-0.2, 0) is 4.79 Å². The standard InChI is InChI=1S/C11H13ClINO/c1-7-3-4-9(5-10(7)13)14-11(15)8(2)6-12/h3-5,8H,6H2,1-2H3,(H,14,15). The highest BCUT2D eigenvalue weighted by Crippen LogP contribution is 2.17. The van der Waals surface area contributed by atoms with E-state index in [0.717, 1.165) is 9.26 Å². The van der Waals surface area contributed by atoms with Gasteiger partial charge in [-0.1, -0.05) is 13.0 Å². The number of hydrogen-bond acceptors (Lipinski definition) is 1. The number of halogens is 2. The molecule has 15 heavy (non-hydrogen) atoms. The van der Waals surface area contributed by atoms with Crippen LogP contribution in [0, 0.1) is 16.4 Å². The molecule has 0 radical (unpaired) electrons. The maximum atomic E-state index is 11.5. The highest BCUT2D eigenvalue weighted by atomic mass is 127. The Bertz CT molecular complexity index is 368. The fraction of sp³-hybridized carbons (Fsp3) is 0.364. The van der Waals surface area contributed by atoms with Gasteiger partial charge < -0.3 is 5.32 Å². The molecule has 0 saturated heterocycles. The summed E-state index contributed by atoms with van der Waals surface area (Å²) in [7, 11) is 0. The molecule has 1 atom stereocenters. The molecule has 0 bridgehead atoms. The lowest BCUT2D eigenvalue weighted by Crippen LogP contribution is -2.21. The Morgan fingerprint density at radius 3 is 2.80 bits per heavy atom. The molecule has 1 amide bonds. The van der Waals surface area contributed by atoms with Crippen molar-refractivity contribution in [1.29, 1.82) is 0 Å². The number of alkyl halides is 1. The van der Waals surface area contributed by atoms with Crippen LogP contribution < -0.4 is 5.32 Å². The molecular weight excluding hydrogens is 324 g/mol. The SMILES string of the molecule is Cc1ccc(NC(=O)C(C)CCl)cc1I. The molecule has 0 fully saturated rings. The minimum absolute atomic E-state index is 0.0374. The van der Waals surface area contributed by atoms with Crippen molar-refractivity contribution in [1.82, 2.24) is 0 Å². The molecule has 4 heteroatoms. The van der Waals surface area contributed by atoms with Crippen LogP contribution >= 0.6 is 34.2 Å². The molecule has 2 nitrogen and oxygen atoms in total. The van der Waals surface area contributed by atoms with E-state index in [4.69, 9.17) is 11.6 Å². The van der Waals surface area contributed by atoms with Gasteiger partial charge in [-0.3, -0.25) is 4.79 Å². The first-order valence-electron chi connectivity index (χ1n) is 4.67. The van der Waals surface area contributed by atoms with E-state index in [9.17, 15) is 4.79 Å². The van der Waals surface area contributed by atoms with Gasteiger partial charge in [-0.2, -0.15) is 0 Å². The number of anilines is 1. The van der Waals surface area contributed by atoms with Crippen molar-refractivity contribution < 1.29 is 4.79 Å². The molecule has 0 aliphatic rings. The molecule has 1 aromatic carbocycles. The summed E-state index contributed by atoms with van der Waals surface area (Å²) >= 11 is 7.85. The van der Waals surface area contributed by atoms with Crippen LogP contribution in [0.4, 0.5) is 5.69 Å².